The highest BCUT2D eigenvalue weighted by Gasteiger charge is 2.28. The molecule has 1 fully saturated rings. The van der Waals surface area contributed by atoms with E-state index in [0.29, 0.717) is 23.3 Å². The first-order valence-electron chi connectivity index (χ1n) is 7.76. The fraction of sp³-hybridized carbons (Fsp3) is 0.625. The quantitative estimate of drug-likeness (QED) is 0.687. The minimum Gasteiger partial charge on any atom is -0.320 e. The van der Waals surface area contributed by atoms with Crippen molar-refractivity contribution in [3.63, 3.8) is 0 Å². The zero-order chi connectivity index (χ0) is 15.3. The van der Waals surface area contributed by atoms with Gasteiger partial charge in [-0.2, -0.15) is 0 Å². The molecule has 1 saturated carbocycles. The number of benzene rings is 1. The minimum absolute atomic E-state index is 0.364. The normalized spacial score (nSPS) is 16.9. The molecule has 0 amide bonds. The van der Waals surface area contributed by atoms with Crippen LogP contribution in [0.25, 0.3) is 0 Å². The molecular formula is C16H26N2O2S. The van der Waals surface area contributed by atoms with E-state index in [1.807, 2.05) is 19.2 Å². The van der Waals surface area contributed by atoms with Gasteiger partial charge in [-0.05, 0) is 68.8 Å². The van der Waals surface area contributed by atoms with Crippen LogP contribution >= 0.6 is 0 Å². The van der Waals surface area contributed by atoms with Crippen molar-refractivity contribution in [1.29, 1.82) is 0 Å². The van der Waals surface area contributed by atoms with Crippen LogP contribution in [0.1, 0.15) is 31.7 Å². The van der Waals surface area contributed by atoms with E-state index in [2.05, 4.69) is 17.0 Å². The lowest BCUT2D eigenvalue weighted by Crippen LogP contribution is -2.29. The highest BCUT2D eigenvalue weighted by atomic mass is 32.2. The molecule has 1 aliphatic carbocycles. The first-order valence-corrected chi connectivity index (χ1v) is 9.24. The molecule has 1 aromatic rings. The van der Waals surface area contributed by atoms with Crippen LogP contribution in [0.15, 0.2) is 29.2 Å². The van der Waals surface area contributed by atoms with Gasteiger partial charge < -0.3 is 5.32 Å². The number of rotatable bonds is 9. The monoisotopic (exact) mass is 310 g/mol. The molecular weight excluding hydrogens is 284 g/mol. The molecule has 1 unspecified atom stereocenters. The van der Waals surface area contributed by atoms with Crippen LogP contribution in [0.2, 0.25) is 0 Å². The van der Waals surface area contributed by atoms with Gasteiger partial charge in [0.15, 0.2) is 0 Å². The Balaban J connectivity index is 1.89. The molecule has 0 heterocycles. The fourth-order valence-electron chi connectivity index (χ4n) is 2.46. The Labute approximate surface area is 128 Å². The van der Waals surface area contributed by atoms with E-state index in [4.69, 9.17) is 0 Å². The van der Waals surface area contributed by atoms with Crippen LogP contribution in [-0.4, -0.2) is 28.6 Å². The van der Waals surface area contributed by atoms with Gasteiger partial charge in [0.1, 0.15) is 0 Å². The van der Waals surface area contributed by atoms with Gasteiger partial charge in [0.25, 0.3) is 0 Å². The molecule has 2 rings (SSSR count). The summed E-state index contributed by atoms with van der Waals surface area (Å²) in [5, 5.41) is 3.11. The van der Waals surface area contributed by atoms with Gasteiger partial charge in [-0.25, -0.2) is 13.1 Å². The Morgan fingerprint density at radius 3 is 2.48 bits per heavy atom. The number of hydrogen-bond donors (Lipinski definition) is 2. The molecule has 0 aromatic heterocycles. The van der Waals surface area contributed by atoms with E-state index in [-0.39, 0.29) is 0 Å². The fourth-order valence-corrected chi connectivity index (χ4v) is 3.60. The molecule has 1 aromatic carbocycles. The molecule has 1 aliphatic rings. The Kier molecular flexibility index (Phi) is 5.79. The lowest BCUT2D eigenvalue weighted by molar-refractivity contribution is 0.492. The van der Waals surface area contributed by atoms with Gasteiger partial charge in [-0.15, -0.1) is 0 Å². The molecule has 0 saturated heterocycles. The summed E-state index contributed by atoms with van der Waals surface area (Å²) in [5.41, 5.74) is 1.18. The number of hydrogen-bond acceptors (Lipinski definition) is 3. The van der Waals surface area contributed by atoms with Gasteiger partial charge in [0, 0.05) is 6.54 Å². The number of nitrogens with one attached hydrogen (secondary N) is 2. The molecule has 0 aliphatic heterocycles. The van der Waals surface area contributed by atoms with E-state index in [1.54, 1.807) is 12.1 Å². The summed E-state index contributed by atoms with van der Waals surface area (Å²) in [5.74, 6) is 1.14. The van der Waals surface area contributed by atoms with Gasteiger partial charge >= 0.3 is 0 Å². The van der Waals surface area contributed by atoms with Crippen molar-refractivity contribution in [2.24, 2.45) is 11.8 Å². The molecule has 118 valence electrons. The molecule has 1 atom stereocenters. The van der Waals surface area contributed by atoms with Crippen LogP contribution in [-0.2, 0) is 16.4 Å². The van der Waals surface area contributed by atoms with Crippen molar-refractivity contribution in [1.82, 2.24) is 10.0 Å². The largest absolute Gasteiger partial charge is 0.320 e. The van der Waals surface area contributed by atoms with Crippen LogP contribution in [0.3, 0.4) is 0 Å². The molecule has 4 nitrogen and oxygen atoms in total. The standard InChI is InChI=1S/C16H26N2O2S/c1-13(15-7-8-15)12-18-21(19,20)16-9-5-14(6-10-16)4-3-11-17-2/h5-6,9-10,13,15,17-18H,3-4,7-8,11-12H2,1-2H3. The third-order valence-corrected chi connectivity index (χ3v) is 5.59. The van der Waals surface area contributed by atoms with E-state index in [1.165, 1.54) is 18.4 Å². The smallest absolute Gasteiger partial charge is 0.240 e. The van der Waals surface area contributed by atoms with E-state index >= 15 is 0 Å². The summed E-state index contributed by atoms with van der Waals surface area (Å²) in [6, 6.07) is 7.24. The van der Waals surface area contributed by atoms with Crippen LogP contribution in [0.4, 0.5) is 0 Å². The van der Waals surface area contributed by atoms with Crippen LogP contribution < -0.4 is 10.0 Å². The summed E-state index contributed by atoms with van der Waals surface area (Å²) in [7, 11) is -1.43. The summed E-state index contributed by atoms with van der Waals surface area (Å²) in [6.45, 7) is 3.63. The van der Waals surface area contributed by atoms with Gasteiger partial charge in [0.05, 0.1) is 4.90 Å². The van der Waals surface area contributed by atoms with Gasteiger partial charge in [-0.3, -0.25) is 0 Å². The SMILES string of the molecule is CNCCCc1ccc(S(=O)(=O)NCC(C)C2CC2)cc1. The van der Waals surface area contributed by atoms with E-state index in [0.717, 1.165) is 19.4 Å². The molecule has 21 heavy (non-hydrogen) atoms. The number of aryl methyl sites for hydroxylation is 1. The van der Waals surface area contributed by atoms with Crippen molar-refractivity contribution in [2.45, 2.75) is 37.5 Å². The van der Waals surface area contributed by atoms with Crippen molar-refractivity contribution in [2.75, 3.05) is 20.1 Å². The summed E-state index contributed by atoms with van der Waals surface area (Å²) in [6.07, 6.45) is 4.50. The molecule has 5 heteroatoms. The van der Waals surface area contributed by atoms with Crippen molar-refractivity contribution >= 4 is 10.0 Å². The Morgan fingerprint density at radius 1 is 1.24 bits per heavy atom. The van der Waals surface area contributed by atoms with Crippen molar-refractivity contribution < 1.29 is 8.42 Å². The lowest BCUT2D eigenvalue weighted by Gasteiger charge is -2.12. The maximum Gasteiger partial charge on any atom is 0.240 e. The molecule has 0 bridgehead atoms. The predicted molar refractivity (Wildman–Crippen MR) is 85.8 cm³/mol. The van der Waals surface area contributed by atoms with Crippen LogP contribution in [0, 0.1) is 11.8 Å². The van der Waals surface area contributed by atoms with Gasteiger partial charge in [0.2, 0.25) is 10.0 Å². The lowest BCUT2D eigenvalue weighted by atomic mass is 10.1. The Bertz CT molecular complexity index is 536. The van der Waals surface area contributed by atoms with Gasteiger partial charge in [-0.1, -0.05) is 19.1 Å². The third-order valence-electron chi connectivity index (χ3n) is 4.15. The predicted octanol–water partition coefficient (Wildman–Crippen LogP) is 2.16. The number of sulfonamides is 1. The highest BCUT2D eigenvalue weighted by Crippen LogP contribution is 2.36. The van der Waals surface area contributed by atoms with E-state index in [9.17, 15) is 8.42 Å². The van der Waals surface area contributed by atoms with Crippen molar-refractivity contribution in [3.8, 4) is 0 Å². The first kappa shape index (κ1) is 16.5. The van der Waals surface area contributed by atoms with Crippen molar-refractivity contribution in [3.05, 3.63) is 29.8 Å². The Hall–Kier alpha value is -0.910. The second-order valence-electron chi connectivity index (χ2n) is 6.02. The molecule has 0 radical (unpaired) electrons. The second-order valence-corrected chi connectivity index (χ2v) is 7.78. The average Bonchev–Trinajstić information content (AvgIpc) is 3.30. The topological polar surface area (TPSA) is 58.2 Å². The zero-order valence-corrected chi connectivity index (χ0v) is 13.7. The minimum atomic E-state index is -3.37. The molecule has 0 spiro atoms. The maximum atomic E-state index is 12.2. The molecule has 2 N–H and O–H groups in total. The van der Waals surface area contributed by atoms with Crippen LogP contribution in [0.5, 0.6) is 0 Å². The summed E-state index contributed by atoms with van der Waals surface area (Å²) < 4.78 is 27.2. The summed E-state index contributed by atoms with van der Waals surface area (Å²) in [4.78, 5) is 0.364. The maximum absolute atomic E-state index is 12.2. The second kappa shape index (κ2) is 7.38. The first-order chi connectivity index (χ1) is 10.0. The summed E-state index contributed by atoms with van der Waals surface area (Å²) >= 11 is 0. The highest BCUT2D eigenvalue weighted by molar-refractivity contribution is 7.89. The zero-order valence-electron chi connectivity index (χ0n) is 12.9. The van der Waals surface area contributed by atoms with E-state index < -0.39 is 10.0 Å². The Morgan fingerprint density at radius 2 is 1.90 bits per heavy atom. The average molecular weight is 310 g/mol. The third kappa shape index (κ3) is 5.09.